The van der Waals surface area contributed by atoms with Crippen LogP contribution in [-0.4, -0.2) is 55.3 Å². The molecule has 0 saturated heterocycles. The molecule has 3 aromatic rings. The van der Waals surface area contributed by atoms with E-state index in [-0.39, 0.29) is 16.1 Å². The van der Waals surface area contributed by atoms with Gasteiger partial charge in [-0.1, -0.05) is 35.1 Å². The Hall–Kier alpha value is -3.13. The minimum absolute atomic E-state index is 0.0601. The number of nitrogens with one attached hydrogen (secondary N) is 2. The summed E-state index contributed by atoms with van der Waals surface area (Å²) in [5.74, 6) is -0.550. The quantitative estimate of drug-likeness (QED) is 0.163. The standard InChI is InChI=1S/C18H25ClN4S.C12H6ClFN2O/c1-21-17(15-4-7-23(2)11-16(15)20)12-8-13(10-14(19)9-12)18(5-6-18)22-24-3;13-12-8(6-17)1-9(14)3-11(12)7-2-10(4-15)16-5-7/h8-10,22H,4-7,11,20H2,1-3H3;1-3,5-6,16H. The van der Waals surface area contributed by atoms with Gasteiger partial charge in [-0.15, -0.1) is 0 Å². The fraction of sp³-hybridized carbons (Fsp3) is 0.300. The van der Waals surface area contributed by atoms with Gasteiger partial charge in [-0.2, -0.15) is 5.26 Å². The number of aliphatic imine (C=N–C) groups is 1. The Labute approximate surface area is 253 Å². The Morgan fingerprint density at radius 2 is 2.02 bits per heavy atom. The molecular weight excluding hydrogens is 582 g/mol. The molecule has 0 atom stereocenters. The summed E-state index contributed by atoms with van der Waals surface area (Å²) in [6, 6.07) is 12.0. The second-order valence-electron chi connectivity index (χ2n) is 10.1. The lowest BCUT2D eigenvalue weighted by molar-refractivity contribution is 0.112. The first-order valence-electron chi connectivity index (χ1n) is 12.9. The zero-order valence-corrected chi connectivity index (χ0v) is 25.4. The van der Waals surface area contributed by atoms with Crippen molar-refractivity contribution in [3.8, 4) is 17.2 Å². The molecule has 0 amide bonds. The van der Waals surface area contributed by atoms with Crippen molar-refractivity contribution in [1.29, 1.82) is 5.26 Å². The largest absolute Gasteiger partial charge is 0.401 e. The van der Waals surface area contributed by atoms with Gasteiger partial charge in [0.25, 0.3) is 0 Å². The zero-order chi connectivity index (χ0) is 29.7. The summed E-state index contributed by atoms with van der Waals surface area (Å²) >= 11 is 14.1. The molecule has 5 rings (SSSR count). The number of nitriles is 1. The maximum Gasteiger partial charge on any atom is 0.151 e. The molecular formula is C30H31Cl2FN6OS. The number of rotatable bonds is 7. The highest BCUT2D eigenvalue weighted by Crippen LogP contribution is 2.47. The zero-order valence-electron chi connectivity index (χ0n) is 23.0. The van der Waals surface area contributed by atoms with Crippen LogP contribution in [0.1, 0.15) is 46.4 Å². The molecule has 1 fully saturated rings. The molecule has 1 aliphatic carbocycles. The monoisotopic (exact) mass is 612 g/mol. The van der Waals surface area contributed by atoms with E-state index in [1.54, 1.807) is 11.9 Å². The van der Waals surface area contributed by atoms with Crippen molar-refractivity contribution in [2.24, 2.45) is 10.7 Å². The maximum absolute atomic E-state index is 13.3. The number of carbonyl (C=O) groups is 1. The summed E-state index contributed by atoms with van der Waals surface area (Å²) in [5, 5.41) is 9.60. The lowest BCUT2D eigenvalue weighted by Crippen LogP contribution is -2.33. The van der Waals surface area contributed by atoms with E-state index in [2.05, 4.69) is 45.0 Å². The highest BCUT2D eigenvalue weighted by Gasteiger charge is 2.44. The van der Waals surface area contributed by atoms with Gasteiger partial charge in [0.15, 0.2) is 6.29 Å². The molecule has 2 aliphatic rings. The van der Waals surface area contributed by atoms with Gasteiger partial charge in [0.2, 0.25) is 0 Å². The SMILES string of the molecule is CN=C(C1=C(N)CN(C)CC1)c1cc(Cl)cc(C2(NSC)CC2)c1.N#Cc1cc(-c2cc(F)cc(C=O)c2Cl)c[nH]1. The van der Waals surface area contributed by atoms with Gasteiger partial charge in [0.05, 0.1) is 16.3 Å². The molecule has 0 bridgehead atoms. The first-order valence-corrected chi connectivity index (χ1v) is 14.9. The Bertz CT molecular complexity index is 1560. The van der Waals surface area contributed by atoms with Gasteiger partial charge in [-0.05, 0) is 80.1 Å². The molecule has 7 nitrogen and oxygen atoms in total. The molecule has 0 unspecified atom stereocenters. The van der Waals surface area contributed by atoms with Crippen LogP contribution in [0.3, 0.4) is 0 Å². The van der Waals surface area contributed by atoms with E-state index in [9.17, 15) is 9.18 Å². The summed E-state index contributed by atoms with van der Waals surface area (Å²) in [6.07, 6.45) is 7.30. The van der Waals surface area contributed by atoms with Crippen LogP contribution in [0.25, 0.3) is 11.1 Å². The fourth-order valence-corrected chi connectivity index (χ4v) is 6.14. The maximum atomic E-state index is 13.3. The number of hydrogen-bond donors (Lipinski definition) is 3. The van der Waals surface area contributed by atoms with Gasteiger partial charge in [0, 0.05) is 59.3 Å². The van der Waals surface area contributed by atoms with Crippen LogP contribution in [0.2, 0.25) is 10.0 Å². The minimum Gasteiger partial charge on any atom is -0.401 e. The lowest BCUT2D eigenvalue weighted by Gasteiger charge is -2.27. The molecule has 1 aromatic heterocycles. The molecule has 11 heteroatoms. The first kappa shape index (κ1) is 30.8. The molecule has 2 aromatic carbocycles. The van der Waals surface area contributed by atoms with E-state index in [0.717, 1.165) is 66.0 Å². The highest BCUT2D eigenvalue weighted by atomic mass is 35.5. The molecule has 2 heterocycles. The highest BCUT2D eigenvalue weighted by molar-refractivity contribution is 7.96. The van der Waals surface area contributed by atoms with Gasteiger partial charge in [-0.25, -0.2) is 4.39 Å². The number of H-pyrrole nitrogens is 1. The van der Waals surface area contributed by atoms with Gasteiger partial charge in [-0.3, -0.25) is 14.5 Å². The molecule has 0 spiro atoms. The summed E-state index contributed by atoms with van der Waals surface area (Å²) < 4.78 is 16.8. The average Bonchev–Trinajstić information content (AvgIpc) is 3.58. The fourth-order valence-electron chi connectivity index (χ4n) is 4.93. The molecule has 1 aliphatic heterocycles. The Kier molecular flexibility index (Phi) is 9.95. The van der Waals surface area contributed by atoms with Crippen molar-refractivity contribution < 1.29 is 9.18 Å². The lowest BCUT2D eigenvalue weighted by atomic mass is 9.93. The molecule has 41 heavy (non-hydrogen) atoms. The van der Waals surface area contributed by atoms with E-state index < -0.39 is 5.82 Å². The van der Waals surface area contributed by atoms with Gasteiger partial charge >= 0.3 is 0 Å². The van der Waals surface area contributed by atoms with Crippen LogP contribution >= 0.6 is 35.1 Å². The number of aromatic amines is 1. The number of aromatic nitrogens is 1. The first-order chi connectivity index (χ1) is 19.6. The molecule has 0 radical (unpaired) electrons. The number of halogens is 3. The Balaban J connectivity index is 0.000000201. The van der Waals surface area contributed by atoms with Crippen molar-refractivity contribution in [1.82, 2.24) is 14.6 Å². The summed E-state index contributed by atoms with van der Waals surface area (Å²) in [6.45, 7) is 1.79. The average molecular weight is 614 g/mol. The molecule has 214 valence electrons. The smallest absolute Gasteiger partial charge is 0.151 e. The minimum atomic E-state index is -0.550. The number of hydrogen-bond acceptors (Lipinski definition) is 7. The van der Waals surface area contributed by atoms with Crippen molar-refractivity contribution >= 4 is 47.1 Å². The third-order valence-electron chi connectivity index (χ3n) is 7.16. The third-order valence-corrected chi connectivity index (χ3v) is 8.39. The Morgan fingerprint density at radius 1 is 1.27 bits per heavy atom. The summed E-state index contributed by atoms with van der Waals surface area (Å²) in [4.78, 5) is 20.2. The number of aldehydes is 1. The predicted molar refractivity (Wildman–Crippen MR) is 166 cm³/mol. The van der Waals surface area contributed by atoms with E-state index in [1.807, 2.05) is 19.2 Å². The van der Waals surface area contributed by atoms with Crippen LogP contribution in [-0.2, 0) is 5.54 Å². The second kappa shape index (κ2) is 13.2. The van der Waals surface area contributed by atoms with Crippen LogP contribution < -0.4 is 10.5 Å². The van der Waals surface area contributed by atoms with E-state index in [0.29, 0.717) is 23.1 Å². The number of nitrogens with two attached hydrogens (primary N) is 1. The van der Waals surface area contributed by atoms with Crippen LogP contribution in [0.5, 0.6) is 0 Å². The van der Waals surface area contributed by atoms with Crippen molar-refractivity contribution in [2.45, 2.75) is 24.8 Å². The van der Waals surface area contributed by atoms with Crippen molar-refractivity contribution in [3.05, 3.63) is 92.1 Å². The van der Waals surface area contributed by atoms with E-state index in [4.69, 9.17) is 34.2 Å². The molecule has 1 saturated carbocycles. The molecule has 4 N–H and O–H groups in total. The second-order valence-corrected chi connectivity index (χ2v) is 11.5. The number of carbonyl (C=O) groups excluding carboxylic acids is 1. The third kappa shape index (κ3) is 7.03. The van der Waals surface area contributed by atoms with E-state index >= 15 is 0 Å². The summed E-state index contributed by atoms with van der Waals surface area (Å²) in [5.41, 5.74) is 13.1. The van der Waals surface area contributed by atoms with Gasteiger partial charge in [0.1, 0.15) is 17.6 Å². The normalized spacial score (nSPS) is 16.6. The van der Waals surface area contributed by atoms with Crippen LogP contribution in [0.4, 0.5) is 4.39 Å². The number of benzene rings is 2. The number of nitrogens with zero attached hydrogens (tertiary/aromatic N) is 3. The Morgan fingerprint density at radius 3 is 2.61 bits per heavy atom. The summed E-state index contributed by atoms with van der Waals surface area (Å²) in [7, 11) is 3.93. The topological polar surface area (TPSA) is 110 Å². The van der Waals surface area contributed by atoms with Crippen molar-refractivity contribution in [2.75, 3.05) is 33.4 Å². The van der Waals surface area contributed by atoms with Crippen LogP contribution in [0.15, 0.2) is 58.9 Å². The number of likely N-dealkylation sites (N-methyl/N-ethyl adjacent to an activating group) is 1. The van der Waals surface area contributed by atoms with Crippen molar-refractivity contribution in [3.63, 3.8) is 0 Å². The van der Waals surface area contributed by atoms with E-state index in [1.165, 1.54) is 23.9 Å². The van der Waals surface area contributed by atoms with Crippen LogP contribution in [0, 0.1) is 17.1 Å². The van der Waals surface area contributed by atoms with Gasteiger partial charge < -0.3 is 15.6 Å². The predicted octanol–water partition coefficient (Wildman–Crippen LogP) is 6.32.